The van der Waals surface area contributed by atoms with Crippen LogP contribution in [0.4, 0.5) is 0 Å². The van der Waals surface area contributed by atoms with Crippen LogP contribution in [-0.4, -0.2) is 16.5 Å². The quantitative estimate of drug-likeness (QED) is 0.879. The Balaban J connectivity index is 1.99. The largest absolute Gasteiger partial charge is 0.312 e. The average molecular weight is 287 g/mol. The van der Waals surface area contributed by atoms with E-state index in [2.05, 4.69) is 54.3 Å². The molecule has 0 aliphatic rings. The molecule has 1 N–H and O–H groups in total. The van der Waals surface area contributed by atoms with Gasteiger partial charge in [-0.05, 0) is 36.6 Å². The van der Waals surface area contributed by atoms with Gasteiger partial charge < -0.3 is 5.32 Å². The van der Waals surface area contributed by atoms with Crippen LogP contribution in [0.3, 0.4) is 0 Å². The first-order valence-electron chi connectivity index (χ1n) is 6.89. The molecule has 0 saturated carbocycles. The van der Waals surface area contributed by atoms with E-state index in [1.165, 1.54) is 16.0 Å². The van der Waals surface area contributed by atoms with Gasteiger partial charge in [-0.25, -0.2) is 4.98 Å². The van der Waals surface area contributed by atoms with Crippen LogP contribution < -0.4 is 5.32 Å². The normalized spacial score (nSPS) is 11.0. The summed E-state index contributed by atoms with van der Waals surface area (Å²) in [5, 5.41) is 4.40. The molecule has 20 heavy (non-hydrogen) atoms. The summed E-state index contributed by atoms with van der Waals surface area (Å²) in [6.45, 7) is 8.56. The number of nitrogens with one attached hydrogen (secondary N) is 1. The Morgan fingerprint density at radius 2 is 2.10 bits per heavy atom. The van der Waals surface area contributed by atoms with Crippen molar-refractivity contribution in [2.45, 2.75) is 37.2 Å². The second kappa shape index (κ2) is 7.41. The van der Waals surface area contributed by atoms with Crippen molar-refractivity contribution >= 4 is 11.8 Å². The van der Waals surface area contributed by atoms with E-state index in [1.54, 1.807) is 30.4 Å². The van der Waals surface area contributed by atoms with Crippen LogP contribution in [0.5, 0.6) is 0 Å². The van der Waals surface area contributed by atoms with Crippen LogP contribution in [0.2, 0.25) is 0 Å². The van der Waals surface area contributed by atoms with Gasteiger partial charge in [0.2, 0.25) is 0 Å². The second-order valence-corrected chi connectivity index (χ2v) is 6.33. The molecule has 1 aromatic carbocycles. The molecule has 0 aliphatic carbocycles. The molecule has 0 saturated heterocycles. The highest BCUT2D eigenvalue weighted by Crippen LogP contribution is 2.28. The van der Waals surface area contributed by atoms with Gasteiger partial charge in [0.15, 0.2) is 0 Å². The van der Waals surface area contributed by atoms with Crippen molar-refractivity contribution in [3.8, 4) is 0 Å². The zero-order valence-corrected chi connectivity index (χ0v) is 13.1. The minimum absolute atomic E-state index is 0.683. The van der Waals surface area contributed by atoms with Gasteiger partial charge in [-0.1, -0.05) is 37.7 Å². The molecule has 0 spiro atoms. The van der Waals surface area contributed by atoms with E-state index < -0.39 is 0 Å². The minimum Gasteiger partial charge on any atom is -0.312 e. The summed E-state index contributed by atoms with van der Waals surface area (Å²) in [6.07, 6.45) is 5.21. The van der Waals surface area contributed by atoms with Crippen LogP contribution in [-0.2, 0) is 6.54 Å². The maximum absolute atomic E-state index is 4.29. The Bertz CT molecular complexity index is 541. The summed E-state index contributed by atoms with van der Waals surface area (Å²) in [4.78, 5) is 9.62. The van der Waals surface area contributed by atoms with E-state index in [-0.39, 0.29) is 0 Å². The number of benzene rings is 1. The SMILES string of the molecule is Cc1cc(CNCC(C)C)ccc1Sc1cnccn1. The topological polar surface area (TPSA) is 37.8 Å². The summed E-state index contributed by atoms with van der Waals surface area (Å²) in [7, 11) is 0. The lowest BCUT2D eigenvalue weighted by Crippen LogP contribution is -2.18. The molecule has 1 heterocycles. The Morgan fingerprint density at radius 3 is 2.75 bits per heavy atom. The van der Waals surface area contributed by atoms with E-state index in [4.69, 9.17) is 0 Å². The Kier molecular flexibility index (Phi) is 5.56. The highest BCUT2D eigenvalue weighted by molar-refractivity contribution is 7.99. The van der Waals surface area contributed by atoms with Crippen molar-refractivity contribution < 1.29 is 0 Å². The van der Waals surface area contributed by atoms with Crippen molar-refractivity contribution in [2.24, 2.45) is 5.92 Å². The minimum atomic E-state index is 0.683. The average Bonchev–Trinajstić information content (AvgIpc) is 2.42. The molecule has 4 heteroatoms. The Morgan fingerprint density at radius 1 is 1.25 bits per heavy atom. The monoisotopic (exact) mass is 287 g/mol. The van der Waals surface area contributed by atoms with E-state index in [9.17, 15) is 0 Å². The van der Waals surface area contributed by atoms with E-state index in [0.29, 0.717) is 5.92 Å². The van der Waals surface area contributed by atoms with Crippen molar-refractivity contribution in [1.29, 1.82) is 0 Å². The van der Waals surface area contributed by atoms with Crippen LogP contribution in [0, 0.1) is 12.8 Å². The van der Waals surface area contributed by atoms with Gasteiger partial charge in [0.1, 0.15) is 5.03 Å². The third kappa shape index (κ3) is 4.62. The fraction of sp³-hybridized carbons (Fsp3) is 0.375. The zero-order chi connectivity index (χ0) is 14.4. The van der Waals surface area contributed by atoms with Gasteiger partial charge in [0.25, 0.3) is 0 Å². The van der Waals surface area contributed by atoms with Gasteiger partial charge in [-0.3, -0.25) is 4.98 Å². The smallest absolute Gasteiger partial charge is 0.119 e. The first kappa shape index (κ1) is 15.0. The molecule has 0 aliphatic heterocycles. The van der Waals surface area contributed by atoms with E-state index >= 15 is 0 Å². The molecule has 0 atom stereocenters. The molecule has 1 aromatic heterocycles. The molecule has 106 valence electrons. The lowest BCUT2D eigenvalue weighted by molar-refractivity contribution is 0.552. The Hall–Kier alpha value is -1.39. The molecule has 0 fully saturated rings. The summed E-state index contributed by atoms with van der Waals surface area (Å²) < 4.78 is 0. The summed E-state index contributed by atoms with van der Waals surface area (Å²) >= 11 is 1.66. The van der Waals surface area contributed by atoms with Crippen LogP contribution in [0.15, 0.2) is 46.7 Å². The molecule has 2 aromatic rings. The highest BCUT2D eigenvalue weighted by atomic mass is 32.2. The third-order valence-electron chi connectivity index (χ3n) is 2.88. The zero-order valence-electron chi connectivity index (χ0n) is 12.3. The lowest BCUT2D eigenvalue weighted by Gasteiger charge is -2.10. The molecule has 0 amide bonds. The predicted octanol–water partition coefficient (Wildman–Crippen LogP) is 3.68. The second-order valence-electron chi connectivity index (χ2n) is 5.27. The van der Waals surface area contributed by atoms with Gasteiger partial charge in [0, 0.05) is 23.8 Å². The van der Waals surface area contributed by atoms with E-state index in [1.807, 2.05) is 0 Å². The number of hydrogen-bond donors (Lipinski definition) is 1. The number of nitrogens with zero attached hydrogens (tertiary/aromatic N) is 2. The van der Waals surface area contributed by atoms with Crippen molar-refractivity contribution in [1.82, 2.24) is 15.3 Å². The van der Waals surface area contributed by atoms with Gasteiger partial charge in [-0.15, -0.1) is 0 Å². The molecular weight excluding hydrogens is 266 g/mol. The van der Waals surface area contributed by atoms with Crippen molar-refractivity contribution in [2.75, 3.05) is 6.54 Å². The highest BCUT2D eigenvalue weighted by Gasteiger charge is 2.04. The predicted molar refractivity (Wildman–Crippen MR) is 83.9 cm³/mol. The molecular formula is C16H21N3S. The summed E-state index contributed by atoms with van der Waals surface area (Å²) in [5.74, 6) is 0.683. The van der Waals surface area contributed by atoms with Gasteiger partial charge in [0.05, 0.1) is 6.20 Å². The third-order valence-corrected chi connectivity index (χ3v) is 3.97. The molecule has 2 rings (SSSR count). The maximum atomic E-state index is 4.29. The maximum Gasteiger partial charge on any atom is 0.119 e. The van der Waals surface area contributed by atoms with Crippen molar-refractivity contribution in [3.63, 3.8) is 0 Å². The first-order valence-corrected chi connectivity index (χ1v) is 7.71. The van der Waals surface area contributed by atoms with Crippen LogP contribution in [0.25, 0.3) is 0 Å². The molecule has 0 radical (unpaired) electrons. The van der Waals surface area contributed by atoms with Gasteiger partial charge >= 0.3 is 0 Å². The molecule has 3 nitrogen and oxygen atoms in total. The summed E-state index contributed by atoms with van der Waals surface area (Å²) in [5.41, 5.74) is 2.61. The lowest BCUT2D eigenvalue weighted by atomic mass is 10.1. The first-order chi connectivity index (χ1) is 9.65. The van der Waals surface area contributed by atoms with Gasteiger partial charge in [-0.2, -0.15) is 0 Å². The standard InChI is InChI=1S/C16H21N3S/c1-12(2)9-18-10-14-4-5-15(13(3)8-14)20-16-11-17-6-7-19-16/h4-8,11-12,18H,9-10H2,1-3H3. The number of rotatable bonds is 6. The molecule has 0 unspecified atom stereocenters. The Labute approximate surface area is 125 Å². The van der Waals surface area contributed by atoms with E-state index in [0.717, 1.165) is 18.1 Å². The fourth-order valence-corrected chi connectivity index (χ4v) is 2.70. The van der Waals surface area contributed by atoms with Crippen LogP contribution in [0.1, 0.15) is 25.0 Å². The van der Waals surface area contributed by atoms with Crippen molar-refractivity contribution in [3.05, 3.63) is 47.9 Å². The summed E-state index contributed by atoms with van der Waals surface area (Å²) in [6, 6.07) is 6.59. The number of aromatic nitrogens is 2. The van der Waals surface area contributed by atoms with Crippen LogP contribution >= 0.6 is 11.8 Å². The molecule has 0 bridgehead atoms. The number of hydrogen-bond acceptors (Lipinski definition) is 4. The fourth-order valence-electron chi connectivity index (χ4n) is 1.89. The number of aryl methyl sites for hydroxylation is 1.